The lowest BCUT2D eigenvalue weighted by molar-refractivity contribution is -0.489. The lowest BCUT2D eigenvalue weighted by Crippen LogP contribution is -2.22. The van der Waals surface area contributed by atoms with E-state index in [4.69, 9.17) is 16.9 Å². The third-order valence-electron chi connectivity index (χ3n) is 2.54. The van der Waals surface area contributed by atoms with Crippen LogP contribution in [0.15, 0.2) is 30.5 Å². The number of hydrogen-bond donors (Lipinski definition) is 1. The quantitative estimate of drug-likeness (QED) is 0.870. The van der Waals surface area contributed by atoms with Gasteiger partial charge in [-0.3, -0.25) is 0 Å². The lowest BCUT2D eigenvalue weighted by Gasteiger charge is -1.99. The SMILES string of the molecule is CCc1cc2ccc(C(=O)O)cc2[n+](Cl)c1. The van der Waals surface area contributed by atoms with Crippen molar-refractivity contribution >= 4 is 28.6 Å². The van der Waals surface area contributed by atoms with E-state index in [9.17, 15) is 4.79 Å². The molecule has 1 N–H and O–H groups in total. The van der Waals surface area contributed by atoms with Crippen molar-refractivity contribution in [3.8, 4) is 0 Å². The number of halogens is 1. The third kappa shape index (κ3) is 1.86. The molecule has 0 unspecified atom stereocenters. The van der Waals surface area contributed by atoms with Crippen LogP contribution in [0.25, 0.3) is 10.9 Å². The number of rotatable bonds is 2. The van der Waals surface area contributed by atoms with Gasteiger partial charge in [0, 0.05) is 17.0 Å². The number of aromatic nitrogens is 1. The second-order valence-corrected chi connectivity index (χ2v) is 3.96. The smallest absolute Gasteiger partial charge is 0.335 e. The summed E-state index contributed by atoms with van der Waals surface area (Å²) in [6.45, 7) is 2.05. The van der Waals surface area contributed by atoms with Gasteiger partial charge >= 0.3 is 5.97 Å². The molecule has 0 radical (unpaired) electrons. The van der Waals surface area contributed by atoms with Crippen LogP contribution in [0.1, 0.15) is 22.8 Å². The molecule has 3 nitrogen and oxygen atoms in total. The van der Waals surface area contributed by atoms with Crippen molar-refractivity contribution in [1.29, 1.82) is 0 Å². The molecule has 0 atom stereocenters. The van der Waals surface area contributed by atoms with Gasteiger partial charge in [0.1, 0.15) is 0 Å². The number of benzene rings is 1. The molecule has 2 aromatic rings. The van der Waals surface area contributed by atoms with Crippen LogP contribution in [0, 0.1) is 0 Å². The molecule has 16 heavy (non-hydrogen) atoms. The molecule has 0 spiro atoms. The summed E-state index contributed by atoms with van der Waals surface area (Å²) in [5.74, 6) is -0.946. The number of hydrogen-bond acceptors (Lipinski definition) is 1. The van der Waals surface area contributed by atoms with Gasteiger partial charge in [-0.05, 0) is 24.6 Å². The monoisotopic (exact) mass is 236 g/mol. The van der Waals surface area contributed by atoms with E-state index in [0.29, 0.717) is 5.52 Å². The Morgan fingerprint density at radius 1 is 1.44 bits per heavy atom. The summed E-state index contributed by atoms with van der Waals surface area (Å²) in [5, 5.41) is 9.83. The number of pyridine rings is 1. The molecule has 1 aromatic heterocycles. The summed E-state index contributed by atoms with van der Waals surface area (Å²) < 4.78 is 1.45. The largest absolute Gasteiger partial charge is 0.478 e. The van der Waals surface area contributed by atoms with Crippen LogP contribution < -0.4 is 4.09 Å². The Kier molecular flexibility index (Phi) is 2.79. The Balaban J connectivity index is 2.70. The van der Waals surface area contributed by atoms with Crippen molar-refractivity contribution in [2.75, 3.05) is 0 Å². The van der Waals surface area contributed by atoms with Crippen LogP contribution in [0.3, 0.4) is 0 Å². The first-order valence-electron chi connectivity index (χ1n) is 4.99. The fourth-order valence-electron chi connectivity index (χ4n) is 1.63. The standard InChI is InChI=1S/C12H10ClNO2/c1-2-8-5-9-3-4-10(12(15)16)6-11(9)14(13)7-8/h3-7H,2H2,1H3/p+1. The highest BCUT2D eigenvalue weighted by molar-refractivity contribution is 6.06. The van der Waals surface area contributed by atoms with E-state index in [1.807, 2.05) is 13.0 Å². The first-order chi connectivity index (χ1) is 7.61. The second kappa shape index (κ2) is 4.10. The van der Waals surface area contributed by atoms with E-state index in [-0.39, 0.29) is 5.56 Å². The molecule has 0 bridgehead atoms. The Labute approximate surface area is 98.0 Å². The average molecular weight is 237 g/mol. The summed E-state index contributed by atoms with van der Waals surface area (Å²) in [6.07, 6.45) is 2.69. The second-order valence-electron chi connectivity index (χ2n) is 3.59. The van der Waals surface area contributed by atoms with Crippen LogP contribution in [0.5, 0.6) is 0 Å². The molecule has 0 saturated heterocycles. The molecule has 0 aliphatic carbocycles. The van der Waals surface area contributed by atoms with E-state index >= 15 is 0 Å². The van der Waals surface area contributed by atoms with Gasteiger partial charge in [-0.15, -0.1) is 0 Å². The first kappa shape index (κ1) is 10.9. The molecule has 0 aliphatic heterocycles. The average Bonchev–Trinajstić information content (AvgIpc) is 2.28. The van der Waals surface area contributed by atoms with Crippen LogP contribution in [-0.4, -0.2) is 11.1 Å². The van der Waals surface area contributed by atoms with Crippen molar-refractivity contribution in [1.82, 2.24) is 0 Å². The van der Waals surface area contributed by atoms with Gasteiger partial charge in [-0.2, -0.15) is 0 Å². The minimum Gasteiger partial charge on any atom is -0.478 e. The summed E-state index contributed by atoms with van der Waals surface area (Å²) in [5.41, 5.74) is 2.07. The predicted molar refractivity (Wildman–Crippen MR) is 61.7 cm³/mol. The highest BCUT2D eigenvalue weighted by atomic mass is 35.5. The van der Waals surface area contributed by atoms with E-state index in [2.05, 4.69) is 0 Å². The minimum absolute atomic E-state index is 0.242. The predicted octanol–water partition coefficient (Wildman–Crippen LogP) is 2.39. The highest BCUT2D eigenvalue weighted by Gasteiger charge is 2.12. The van der Waals surface area contributed by atoms with E-state index in [1.54, 1.807) is 24.4 Å². The summed E-state index contributed by atoms with van der Waals surface area (Å²) in [6, 6.07) is 6.95. The Morgan fingerprint density at radius 2 is 2.19 bits per heavy atom. The van der Waals surface area contributed by atoms with Crippen LogP contribution in [0.2, 0.25) is 0 Å². The van der Waals surface area contributed by atoms with Crippen molar-refractivity contribution in [3.05, 3.63) is 41.6 Å². The molecule has 0 fully saturated rings. The zero-order chi connectivity index (χ0) is 11.7. The van der Waals surface area contributed by atoms with Crippen LogP contribution >= 0.6 is 11.8 Å². The van der Waals surface area contributed by atoms with Crippen molar-refractivity contribution < 1.29 is 14.0 Å². The number of aryl methyl sites for hydroxylation is 1. The van der Waals surface area contributed by atoms with Gasteiger partial charge in [-0.1, -0.05) is 11.0 Å². The molecule has 0 amide bonds. The Morgan fingerprint density at radius 3 is 2.81 bits per heavy atom. The summed E-state index contributed by atoms with van der Waals surface area (Å²) in [4.78, 5) is 10.8. The maximum Gasteiger partial charge on any atom is 0.335 e. The van der Waals surface area contributed by atoms with Gasteiger partial charge < -0.3 is 5.11 Å². The number of carboxylic acid groups (broad SMARTS) is 1. The number of aromatic carboxylic acids is 1. The fraction of sp³-hybridized carbons (Fsp3) is 0.167. The first-order valence-corrected chi connectivity index (χ1v) is 5.33. The van der Waals surface area contributed by atoms with Crippen LogP contribution in [-0.2, 0) is 6.42 Å². The number of carboxylic acids is 1. The third-order valence-corrected chi connectivity index (χ3v) is 2.82. The summed E-state index contributed by atoms with van der Waals surface area (Å²) >= 11 is 6.04. The number of carbonyl (C=O) groups is 1. The van der Waals surface area contributed by atoms with Crippen molar-refractivity contribution in [3.63, 3.8) is 0 Å². The maximum absolute atomic E-state index is 10.8. The van der Waals surface area contributed by atoms with E-state index in [1.165, 1.54) is 4.09 Å². The molecule has 82 valence electrons. The zero-order valence-electron chi connectivity index (χ0n) is 8.77. The normalized spacial score (nSPS) is 10.6. The highest BCUT2D eigenvalue weighted by Crippen LogP contribution is 2.15. The molecule has 4 heteroatoms. The van der Waals surface area contributed by atoms with Crippen molar-refractivity contribution in [2.45, 2.75) is 13.3 Å². The number of fused-ring (bicyclic) bond motifs is 1. The Hall–Kier alpha value is -1.61. The topological polar surface area (TPSA) is 41.2 Å². The van der Waals surface area contributed by atoms with E-state index < -0.39 is 5.97 Å². The van der Waals surface area contributed by atoms with Crippen LogP contribution in [0.4, 0.5) is 0 Å². The molecule has 0 aliphatic rings. The van der Waals surface area contributed by atoms with Gasteiger partial charge in [0.2, 0.25) is 5.52 Å². The Bertz CT molecular complexity index is 566. The van der Waals surface area contributed by atoms with Crippen molar-refractivity contribution in [2.24, 2.45) is 0 Å². The number of nitrogens with zero attached hydrogens (tertiary/aromatic N) is 1. The van der Waals surface area contributed by atoms with Gasteiger partial charge in [0.15, 0.2) is 6.20 Å². The fourth-order valence-corrected chi connectivity index (χ4v) is 1.90. The van der Waals surface area contributed by atoms with Gasteiger partial charge in [-0.25, -0.2) is 4.79 Å². The molecule has 1 heterocycles. The zero-order valence-corrected chi connectivity index (χ0v) is 9.53. The molecule has 1 aromatic carbocycles. The molecule has 0 saturated carbocycles. The van der Waals surface area contributed by atoms with Gasteiger partial charge in [0.25, 0.3) is 11.8 Å². The van der Waals surface area contributed by atoms with Gasteiger partial charge in [0.05, 0.1) is 5.56 Å². The summed E-state index contributed by atoms with van der Waals surface area (Å²) in [7, 11) is 0. The molecule has 2 rings (SSSR count). The maximum atomic E-state index is 10.8. The van der Waals surface area contributed by atoms with E-state index in [0.717, 1.165) is 17.4 Å². The molecular weight excluding hydrogens is 226 g/mol. The minimum atomic E-state index is -0.946. The molecular formula is C12H11ClNO2+. The lowest BCUT2D eigenvalue weighted by atomic mass is 10.1.